The first-order valence-electron chi connectivity index (χ1n) is 2.51. The van der Waals surface area contributed by atoms with Crippen molar-refractivity contribution >= 4 is 22.7 Å². The van der Waals surface area contributed by atoms with Crippen molar-refractivity contribution in [2.75, 3.05) is 0 Å². The third-order valence-corrected chi connectivity index (χ3v) is 1.64. The number of hydrogen-bond acceptors (Lipinski definition) is 6. The van der Waals surface area contributed by atoms with Crippen LogP contribution < -0.4 is 29.6 Å². The van der Waals surface area contributed by atoms with Gasteiger partial charge >= 0.3 is 29.6 Å². The Morgan fingerprint density at radius 2 is 2.17 bits per heavy atom. The fourth-order valence-electron chi connectivity index (χ4n) is 0.509. The summed E-state index contributed by atoms with van der Waals surface area (Å²) in [6, 6.07) is 0. The molecule has 0 atom stereocenters. The number of hydrogen-bond donors (Lipinski definition) is 2. The van der Waals surface area contributed by atoms with Crippen molar-refractivity contribution < 1.29 is 42.5 Å². The molecule has 0 saturated carbocycles. The Morgan fingerprint density at radius 1 is 1.58 bits per heavy atom. The Morgan fingerprint density at radius 3 is 2.50 bits per heavy atom. The Hall–Kier alpha value is 0.400. The number of aromatic amines is 1. The van der Waals surface area contributed by atoms with Crippen LogP contribution in [0.4, 0.5) is 0 Å². The largest absolute Gasteiger partial charge is 1.00 e. The van der Waals surface area contributed by atoms with E-state index in [1.54, 1.807) is 0 Å². The minimum absolute atomic E-state index is 0. The van der Waals surface area contributed by atoms with Crippen LogP contribution in [-0.4, -0.2) is 28.2 Å². The van der Waals surface area contributed by atoms with Crippen LogP contribution >= 0.6 is 12.6 Å². The molecule has 0 aliphatic heterocycles. The molecule has 6 nitrogen and oxygen atoms in total. The second-order valence-electron chi connectivity index (χ2n) is 1.78. The Bertz CT molecular complexity index is 347. The minimum Gasteiger partial charge on any atom is -0.748 e. The van der Waals surface area contributed by atoms with Crippen LogP contribution in [0.15, 0.2) is 5.16 Å². The molecule has 0 saturated heterocycles. The first-order valence-corrected chi connectivity index (χ1v) is 4.53. The third kappa shape index (κ3) is 4.43. The molecule has 1 aromatic heterocycles. The van der Waals surface area contributed by atoms with Crippen molar-refractivity contribution in [3.63, 3.8) is 0 Å². The standard InChI is InChI=1S/C3H5N3O3S2.Na/c7-11(8,9)1-2-4-3(10)6-5-2;/h1H2,(H,7,8,9)(H2,4,5,6,10);/q;+1/p-1. The predicted octanol–water partition coefficient (Wildman–Crippen LogP) is -3.86. The summed E-state index contributed by atoms with van der Waals surface area (Å²) in [5.41, 5.74) is 0. The first-order chi connectivity index (χ1) is 4.97. The van der Waals surface area contributed by atoms with E-state index in [1.807, 2.05) is 0 Å². The number of nitrogens with one attached hydrogen (secondary N) is 1. The van der Waals surface area contributed by atoms with E-state index in [0.29, 0.717) is 0 Å². The first kappa shape index (κ1) is 12.4. The maximum absolute atomic E-state index is 10.1. The minimum atomic E-state index is -4.29. The van der Waals surface area contributed by atoms with E-state index in [0.717, 1.165) is 0 Å². The van der Waals surface area contributed by atoms with E-state index in [-0.39, 0.29) is 40.5 Å². The Kier molecular flexibility index (Phi) is 4.74. The molecule has 0 amide bonds. The smallest absolute Gasteiger partial charge is 0.748 e. The van der Waals surface area contributed by atoms with Crippen molar-refractivity contribution in [3.8, 4) is 0 Å². The van der Waals surface area contributed by atoms with Crippen LogP contribution in [0, 0.1) is 0 Å². The van der Waals surface area contributed by atoms with E-state index in [2.05, 4.69) is 27.8 Å². The van der Waals surface area contributed by atoms with Gasteiger partial charge in [-0.25, -0.2) is 13.4 Å². The molecule has 0 unspecified atom stereocenters. The van der Waals surface area contributed by atoms with E-state index in [1.165, 1.54) is 0 Å². The summed E-state index contributed by atoms with van der Waals surface area (Å²) in [7, 11) is -4.29. The molecule has 0 fully saturated rings. The monoisotopic (exact) mass is 217 g/mol. The predicted molar refractivity (Wildman–Crippen MR) is 37.0 cm³/mol. The summed E-state index contributed by atoms with van der Waals surface area (Å²) in [6.07, 6.45) is 0. The molecule has 1 aromatic rings. The zero-order valence-corrected chi connectivity index (χ0v) is 9.89. The second kappa shape index (κ2) is 4.58. The average molecular weight is 217 g/mol. The van der Waals surface area contributed by atoms with Crippen molar-refractivity contribution in [1.29, 1.82) is 0 Å². The average Bonchev–Trinajstić information content (AvgIpc) is 2.10. The van der Waals surface area contributed by atoms with Crippen molar-refractivity contribution in [2.24, 2.45) is 0 Å². The SMILES string of the molecule is O=S(=O)([O-])Cc1n[nH]c(S)n1.[Na+]. The number of H-pyrrole nitrogens is 1. The quantitative estimate of drug-likeness (QED) is 0.300. The fraction of sp³-hybridized carbons (Fsp3) is 0.333. The summed E-state index contributed by atoms with van der Waals surface area (Å²) < 4.78 is 30.4. The van der Waals surface area contributed by atoms with Gasteiger partial charge in [-0.3, -0.25) is 5.10 Å². The van der Waals surface area contributed by atoms with Gasteiger partial charge in [0.1, 0.15) is 15.9 Å². The topological polar surface area (TPSA) is 98.8 Å². The molecule has 1 heterocycles. The summed E-state index contributed by atoms with van der Waals surface area (Å²) >= 11 is 3.73. The molecular formula is C3H4N3NaO3S2. The molecular weight excluding hydrogens is 213 g/mol. The molecule has 1 N–H and O–H groups in total. The van der Waals surface area contributed by atoms with Gasteiger partial charge in [0.15, 0.2) is 11.0 Å². The van der Waals surface area contributed by atoms with Crippen LogP contribution in [0.25, 0.3) is 0 Å². The van der Waals surface area contributed by atoms with Gasteiger partial charge in [-0.05, 0) is 0 Å². The molecule has 0 spiro atoms. The van der Waals surface area contributed by atoms with E-state index < -0.39 is 15.9 Å². The van der Waals surface area contributed by atoms with Gasteiger partial charge in [0, 0.05) is 0 Å². The molecule has 0 aromatic carbocycles. The van der Waals surface area contributed by atoms with Crippen molar-refractivity contribution in [2.45, 2.75) is 10.9 Å². The molecule has 62 valence electrons. The summed E-state index contributed by atoms with van der Waals surface area (Å²) in [4.78, 5) is 3.51. The number of thiol groups is 1. The second-order valence-corrected chi connectivity index (χ2v) is 3.60. The van der Waals surface area contributed by atoms with Crippen LogP contribution in [-0.2, 0) is 15.9 Å². The summed E-state index contributed by atoms with van der Waals surface area (Å²) in [5.74, 6) is -0.769. The summed E-state index contributed by atoms with van der Waals surface area (Å²) in [6.45, 7) is 0. The number of aromatic nitrogens is 3. The van der Waals surface area contributed by atoms with Gasteiger partial charge in [0.25, 0.3) is 0 Å². The maximum atomic E-state index is 10.1. The third-order valence-electron chi connectivity index (χ3n) is 0.826. The van der Waals surface area contributed by atoms with Gasteiger partial charge in [-0.1, -0.05) is 0 Å². The molecule has 0 radical (unpaired) electrons. The molecule has 0 aliphatic rings. The Balaban J connectivity index is 0.00000121. The van der Waals surface area contributed by atoms with Gasteiger partial charge in [0.05, 0.1) is 0 Å². The van der Waals surface area contributed by atoms with Crippen molar-refractivity contribution in [3.05, 3.63) is 5.82 Å². The van der Waals surface area contributed by atoms with E-state index in [9.17, 15) is 13.0 Å². The van der Waals surface area contributed by atoms with Crippen molar-refractivity contribution in [1.82, 2.24) is 15.2 Å². The van der Waals surface area contributed by atoms with Gasteiger partial charge in [-0.15, -0.1) is 12.6 Å². The van der Waals surface area contributed by atoms with Crippen LogP contribution in [0.2, 0.25) is 0 Å². The van der Waals surface area contributed by atoms with Crippen LogP contribution in [0.5, 0.6) is 0 Å². The zero-order chi connectivity index (χ0) is 8.48. The van der Waals surface area contributed by atoms with Gasteiger partial charge in [0.2, 0.25) is 0 Å². The number of nitrogens with zero attached hydrogens (tertiary/aromatic N) is 2. The van der Waals surface area contributed by atoms with Crippen LogP contribution in [0.3, 0.4) is 0 Å². The van der Waals surface area contributed by atoms with E-state index in [4.69, 9.17) is 0 Å². The molecule has 9 heteroatoms. The van der Waals surface area contributed by atoms with E-state index >= 15 is 0 Å². The Labute approximate surface area is 96.6 Å². The normalized spacial score (nSPS) is 10.8. The fourth-order valence-corrected chi connectivity index (χ4v) is 1.12. The molecule has 0 aliphatic carbocycles. The number of rotatable bonds is 2. The molecule has 1 rings (SSSR count). The van der Waals surface area contributed by atoms with Gasteiger partial charge in [-0.2, -0.15) is 5.10 Å². The molecule has 12 heavy (non-hydrogen) atoms. The molecule has 0 bridgehead atoms. The van der Waals surface area contributed by atoms with Crippen LogP contribution in [0.1, 0.15) is 5.82 Å². The zero-order valence-electron chi connectivity index (χ0n) is 6.18. The van der Waals surface area contributed by atoms with Gasteiger partial charge < -0.3 is 4.55 Å². The maximum Gasteiger partial charge on any atom is 1.00 e. The summed E-state index contributed by atoms with van der Waals surface area (Å²) in [5, 5.41) is 5.88.